The Morgan fingerprint density at radius 2 is 2.15 bits per heavy atom. The van der Waals surface area contributed by atoms with Crippen molar-refractivity contribution in [3.63, 3.8) is 0 Å². The maximum atomic E-state index is 14.3. The summed E-state index contributed by atoms with van der Waals surface area (Å²) >= 11 is 0. The molecular formula is C15H22FN3O. The van der Waals surface area contributed by atoms with Gasteiger partial charge < -0.3 is 15.1 Å². The summed E-state index contributed by atoms with van der Waals surface area (Å²) in [5.74, 6) is -0.231. The van der Waals surface area contributed by atoms with Crippen molar-refractivity contribution in [3.8, 4) is 0 Å². The number of carbonyl (C=O) groups excluding carboxylic acids is 1. The first kappa shape index (κ1) is 14.8. The first-order valence-corrected chi connectivity index (χ1v) is 7.04. The second-order valence-electron chi connectivity index (χ2n) is 5.23. The summed E-state index contributed by atoms with van der Waals surface area (Å²) in [7, 11) is 1.78. The van der Waals surface area contributed by atoms with E-state index in [-0.39, 0.29) is 24.3 Å². The van der Waals surface area contributed by atoms with Gasteiger partial charge in [-0.25, -0.2) is 4.39 Å². The lowest BCUT2D eigenvalue weighted by molar-refractivity contribution is -0.129. The van der Waals surface area contributed by atoms with Gasteiger partial charge in [0, 0.05) is 26.2 Å². The number of halogens is 1. The van der Waals surface area contributed by atoms with E-state index in [1.165, 1.54) is 0 Å². The molecule has 4 nitrogen and oxygen atoms in total. The molecule has 110 valence electrons. The normalized spacial score (nSPS) is 17.5. The summed E-state index contributed by atoms with van der Waals surface area (Å²) in [4.78, 5) is 15.2. The minimum absolute atomic E-state index is 0.0285. The fourth-order valence-electron chi connectivity index (χ4n) is 2.44. The van der Waals surface area contributed by atoms with Crippen LogP contribution in [0, 0.1) is 5.82 Å². The van der Waals surface area contributed by atoms with Crippen LogP contribution < -0.4 is 10.2 Å². The van der Waals surface area contributed by atoms with E-state index in [0.29, 0.717) is 18.8 Å². The SMILES string of the molecule is CCNC(C)c1ccc(N2CCN(C)C(=O)C2)c(F)c1. The van der Waals surface area contributed by atoms with Crippen LogP contribution in [-0.2, 0) is 4.79 Å². The van der Waals surface area contributed by atoms with Crippen molar-refractivity contribution < 1.29 is 9.18 Å². The van der Waals surface area contributed by atoms with E-state index >= 15 is 0 Å². The lowest BCUT2D eigenvalue weighted by Gasteiger charge is -2.33. The average molecular weight is 279 g/mol. The van der Waals surface area contributed by atoms with Crippen molar-refractivity contribution >= 4 is 11.6 Å². The number of anilines is 1. The third-order valence-electron chi connectivity index (χ3n) is 3.78. The summed E-state index contributed by atoms with van der Waals surface area (Å²) in [6.07, 6.45) is 0. The molecule has 1 aromatic carbocycles. The van der Waals surface area contributed by atoms with Gasteiger partial charge in [-0.1, -0.05) is 13.0 Å². The molecule has 1 unspecified atom stereocenters. The standard InChI is InChI=1S/C15H22FN3O/c1-4-17-11(2)12-5-6-14(13(16)9-12)19-8-7-18(3)15(20)10-19/h5-6,9,11,17H,4,7-8,10H2,1-3H3. The van der Waals surface area contributed by atoms with Gasteiger partial charge in [0.05, 0.1) is 12.2 Å². The molecule has 0 bridgehead atoms. The molecule has 0 spiro atoms. The average Bonchev–Trinajstić information content (AvgIpc) is 2.42. The number of rotatable bonds is 4. The van der Waals surface area contributed by atoms with Crippen LogP contribution in [0.3, 0.4) is 0 Å². The number of nitrogens with one attached hydrogen (secondary N) is 1. The summed E-state index contributed by atoms with van der Waals surface area (Å²) < 4.78 is 14.3. The lowest BCUT2D eigenvalue weighted by atomic mass is 10.1. The minimum atomic E-state index is -0.260. The van der Waals surface area contributed by atoms with Gasteiger partial charge >= 0.3 is 0 Å². The monoisotopic (exact) mass is 279 g/mol. The van der Waals surface area contributed by atoms with Gasteiger partial charge in [0.1, 0.15) is 5.82 Å². The molecule has 0 aliphatic carbocycles. The third kappa shape index (κ3) is 3.10. The van der Waals surface area contributed by atoms with E-state index in [9.17, 15) is 9.18 Å². The molecule has 1 N–H and O–H groups in total. The molecule has 1 amide bonds. The molecular weight excluding hydrogens is 257 g/mol. The highest BCUT2D eigenvalue weighted by Crippen LogP contribution is 2.24. The first-order valence-electron chi connectivity index (χ1n) is 7.04. The van der Waals surface area contributed by atoms with Crippen molar-refractivity contribution in [1.82, 2.24) is 10.2 Å². The van der Waals surface area contributed by atoms with Gasteiger partial charge in [-0.05, 0) is 31.2 Å². The topological polar surface area (TPSA) is 35.6 Å². The Labute approximate surface area is 119 Å². The van der Waals surface area contributed by atoms with Crippen LogP contribution in [0.25, 0.3) is 0 Å². The lowest BCUT2D eigenvalue weighted by Crippen LogP contribution is -2.48. The maximum absolute atomic E-state index is 14.3. The highest BCUT2D eigenvalue weighted by atomic mass is 19.1. The van der Waals surface area contributed by atoms with Crippen molar-refractivity contribution in [2.24, 2.45) is 0 Å². The second kappa shape index (κ2) is 6.22. The zero-order chi connectivity index (χ0) is 14.7. The molecule has 2 rings (SSSR count). The summed E-state index contributed by atoms with van der Waals surface area (Å²) in [6, 6.07) is 5.38. The molecule has 1 saturated heterocycles. The van der Waals surface area contributed by atoms with Crippen LogP contribution in [0.2, 0.25) is 0 Å². The molecule has 5 heteroatoms. The zero-order valence-corrected chi connectivity index (χ0v) is 12.3. The predicted molar refractivity (Wildman–Crippen MR) is 78.3 cm³/mol. The molecule has 1 aromatic rings. The van der Waals surface area contributed by atoms with Crippen LogP contribution in [0.4, 0.5) is 10.1 Å². The Hall–Kier alpha value is -1.62. The Balaban J connectivity index is 2.15. The number of likely N-dealkylation sites (N-methyl/N-ethyl adjacent to an activating group) is 1. The van der Waals surface area contributed by atoms with Gasteiger partial charge in [-0.2, -0.15) is 0 Å². The number of piperazine rings is 1. The molecule has 1 fully saturated rings. The molecule has 0 aromatic heterocycles. The molecule has 1 atom stereocenters. The number of amides is 1. The highest BCUT2D eigenvalue weighted by Gasteiger charge is 2.23. The van der Waals surface area contributed by atoms with Crippen LogP contribution in [0.1, 0.15) is 25.5 Å². The Morgan fingerprint density at radius 1 is 1.40 bits per heavy atom. The Morgan fingerprint density at radius 3 is 2.75 bits per heavy atom. The number of nitrogens with zero attached hydrogens (tertiary/aromatic N) is 2. The molecule has 1 aliphatic heterocycles. The van der Waals surface area contributed by atoms with Crippen LogP contribution in [0.15, 0.2) is 18.2 Å². The fraction of sp³-hybridized carbons (Fsp3) is 0.533. The molecule has 1 heterocycles. The van der Waals surface area contributed by atoms with Gasteiger partial charge in [0.2, 0.25) is 5.91 Å². The van der Waals surface area contributed by atoms with E-state index in [1.54, 1.807) is 29.0 Å². The van der Waals surface area contributed by atoms with E-state index in [1.807, 2.05) is 19.9 Å². The maximum Gasteiger partial charge on any atom is 0.241 e. The van der Waals surface area contributed by atoms with E-state index < -0.39 is 0 Å². The first-order chi connectivity index (χ1) is 9.52. The highest BCUT2D eigenvalue weighted by molar-refractivity contribution is 5.82. The largest absolute Gasteiger partial charge is 0.358 e. The van der Waals surface area contributed by atoms with Crippen LogP contribution in [-0.4, -0.2) is 44.0 Å². The van der Waals surface area contributed by atoms with Crippen molar-refractivity contribution in [3.05, 3.63) is 29.6 Å². The van der Waals surface area contributed by atoms with Crippen LogP contribution in [0.5, 0.6) is 0 Å². The Kier molecular flexibility index (Phi) is 4.60. The minimum Gasteiger partial charge on any atom is -0.358 e. The summed E-state index contributed by atoms with van der Waals surface area (Å²) in [5, 5.41) is 3.26. The zero-order valence-electron chi connectivity index (χ0n) is 12.3. The summed E-state index contributed by atoms with van der Waals surface area (Å²) in [6.45, 7) is 6.43. The van der Waals surface area contributed by atoms with Gasteiger partial charge in [-0.15, -0.1) is 0 Å². The van der Waals surface area contributed by atoms with E-state index in [4.69, 9.17) is 0 Å². The smallest absolute Gasteiger partial charge is 0.241 e. The van der Waals surface area contributed by atoms with Crippen molar-refractivity contribution in [1.29, 1.82) is 0 Å². The van der Waals surface area contributed by atoms with Crippen molar-refractivity contribution in [2.75, 3.05) is 38.1 Å². The van der Waals surface area contributed by atoms with E-state index in [2.05, 4.69) is 5.32 Å². The molecule has 0 radical (unpaired) electrons. The van der Waals surface area contributed by atoms with Gasteiger partial charge in [-0.3, -0.25) is 4.79 Å². The molecule has 20 heavy (non-hydrogen) atoms. The van der Waals surface area contributed by atoms with Gasteiger partial charge in [0.25, 0.3) is 0 Å². The number of hydrogen-bond donors (Lipinski definition) is 1. The van der Waals surface area contributed by atoms with E-state index in [0.717, 1.165) is 12.1 Å². The predicted octanol–water partition coefficient (Wildman–Crippen LogP) is 1.77. The number of benzene rings is 1. The Bertz CT molecular complexity index is 492. The summed E-state index contributed by atoms with van der Waals surface area (Å²) in [5.41, 5.74) is 1.44. The molecule has 0 saturated carbocycles. The fourth-order valence-corrected chi connectivity index (χ4v) is 2.44. The number of carbonyl (C=O) groups is 1. The second-order valence-corrected chi connectivity index (χ2v) is 5.23. The van der Waals surface area contributed by atoms with Crippen LogP contribution >= 0.6 is 0 Å². The number of hydrogen-bond acceptors (Lipinski definition) is 3. The van der Waals surface area contributed by atoms with Gasteiger partial charge in [0.15, 0.2) is 0 Å². The van der Waals surface area contributed by atoms with Crippen molar-refractivity contribution in [2.45, 2.75) is 19.9 Å². The molecule has 1 aliphatic rings. The quantitative estimate of drug-likeness (QED) is 0.912. The third-order valence-corrected chi connectivity index (χ3v) is 3.78.